The van der Waals surface area contributed by atoms with E-state index in [0.29, 0.717) is 12.8 Å². The number of oxime groups is 1. The molecule has 0 heterocycles. The number of nitrogens with zero attached hydrogens (tertiary/aromatic N) is 1. The second kappa shape index (κ2) is 7.38. The quantitative estimate of drug-likeness (QED) is 0.322. The van der Waals surface area contributed by atoms with E-state index in [1.54, 1.807) is 0 Å². The Labute approximate surface area is 131 Å². The zero-order valence-corrected chi connectivity index (χ0v) is 13.6. The molecule has 0 spiro atoms. The van der Waals surface area contributed by atoms with E-state index >= 15 is 0 Å². The summed E-state index contributed by atoms with van der Waals surface area (Å²) in [6.07, 6.45) is 10.9. The molecular formula is C15H27N3O2S. The van der Waals surface area contributed by atoms with Crippen molar-refractivity contribution in [3.63, 3.8) is 0 Å². The maximum absolute atomic E-state index is 12.8. The molecule has 0 atom stereocenters. The van der Waals surface area contributed by atoms with Gasteiger partial charge in [0, 0.05) is 11.3 Å². The third kappa shape index (κ3) is 3.65. The summed E-state index contributed by atoms with van der Waals surface area (Å²) in [5, 5.41) is 16.1. The fourth-order valence-corrected chi connectivity index (χ4v) is 4.36. The van der Waals surface area contributed by atoms with Crippen LogP contribution in [0.15, 0.2) is 5.16 Å². The van der Waals surface area contributed by atoms with E-state index in [1.165, 1.54) is 0 Å². The van der Waals surface area contributed by atoms with Crippen molar-refractivity contribution in [2.75, 3.05) is 6.26 Å². The van der Waals surface area contributed by atoms with Gasteiger partial charge in [0.2, 0.25) is 5.91 Å². The molecule has 6 heteroatoms. The van der Waals surface area contributed by atoms with Gasteiger partial charge >= 0.3 is 0 Å². The van der Waals surface area contributed by atoms with Crippen LogP contribution >= 0.6 is 11.8 Å². The second-order valence-corrected chi connectivity index (χ2v) is 7.45. The van der Waals surface area contributed by atoms with Gasteiger partial charge in [0.05, 0.1) is 0 Å². The molecule has 0 aromatic carbocycles. The smallest absolute Gasteiger partial charge is 0.234 e. The lowest BCUT2D eigenvalue weighted by Gasteiger charge is -2.37. The molecule has 120 valence electrons. The Morgan fingerprint density at radius 2 is 1.86 bits per heavy atom. The number of hydrogen-bond acceptors (Lipinski definition) is 4. The summed E-state index contributed by atoms with van der Waals surface area (Å²) in [7, 11) is 0. The molecule has 2 saturated carbocycles. The zero-order valence-electron chi connectivity index (χ0n) is 12.8. The minimum absolute atomic E-state index is 0.0369. The minimum atomic E-state index is -0.788. The number of hydrogen-bond donors (Lipinski definition) is 3. The number of amides is 1. The van der Waals surface area contributed by atoms with Crippen molar-refractivity contribution < 1.29 is 10.0 Å². The Kier molecular flexibility index (Phi) is 5.79. The van der Waals surface area contributed by atoms with Crippen molar-refractivity contribution >= 4 is 23.5 Å². The highest BCUT2D eigenvalue weighted by Crippen LogP contribution is 2.37. The number of thioether (sulfide) groups is 1. The molecule has 0 aliphatic heterocycles. The SMILES string of the molecule is CSC1CCC(NC(=O)C2(C(N)=NO)CCCCC2)CC1. The monoisotopic (exact) mass is 313 g/mol. The summed E-state index contributed by atoms with van der Waals surface area (Å²) in [5.74, 6) is 0.0441. The van der Waals surface area contributed by atoms with E-state index in [4.69, 9.17) is 10.9 Å². The molecule has 0 unspecified atom stereocenters. The normalized spacial score (nSPS) is 29.9. The summed E-state index contributed by atoms with van der Waals surface area (Å²) in [6, 6.07) is 0.242. The molecule has 0 bridgehead atoms. The van der Waals surface area contributed by atoms with Crippen molar-refractivity contribution in [1.29, 1.82) is 0 Å². The Hall–Kier alpha value is -0.910. The molecule has 2 aliphatic carbocycles. The third-order valence-electron chi connectivity index (χ3n) is 5.08. The Balaban J connectivity index is 1.99. The molecule has 0 radical (unpaired) electrons. The van der Waals surface area contributed by atoms with Gasteiger partial charge in [-0.25, -0.2) is 0 Å². The van der Waals surface area contributed by atoms with Gasteiger partial charge in [-0.2, -0.15) is 11.8 Å². The summed E-state index contributed by atoms with van der Waals surface area (Å²) in [6.45, 7) is 0. The van der Waals surface area contributed by atoms with E-state index in [2.05, 4.69) is 16.7 Å². The lowest BCUT2D eigenvalue weighted by molar-refractivity contribution is -0.130. The number of rotatable bonds is 4. The fourth-order valence-electron chi connectivity index (χ4n) is 3.62. The topological polar surface area (TPSA) is 87.7 Å². The van der Waals surface area contributed by atoms with E-state index in [9.17, 15) is 4.79 Å². The van der Waals surface area contributed by atoms with E-state index in [-0.39, 0.29) is 17.8 Å². The standard InChI is InChI=1S/C15H27N3O2S/c1-21-12-7-5-11(6-8-12)17-14(19)15(13(16)18-20)9-3-2-4-10-15/h11-12,20H,2-10H2,1H3,(H2,16,18)(H,17,19). The third-order valence-corrected chi connectivity index (χ3v) is 6.22. The van der Waals surface area contributed by atoms with Crippen molar-refractivity contribution in [2.24, 2.45) is 16.3 Å². The molecule has 0 aromatic heterocycles. The maximum Gasteiger partial charge on any atom is 0.234 e. The van der Waals surface area contributed by atoms with Gasteiger partial charge in [0.25, 0.3) is 0 Å². The number of nitrogens with one attached hydrogen (secondary N) is 1. The number of carbonyl (C=O) groups is 1. The highest BCUT2D eigenvalue weighted by Gasteiger charge is 2.44. The van der Waals surface area contributed by atoms with Crippen molar-refractivity contribution in [3.8, 4) is 0 Å². The maximum atomic E-state index is 12.8. The van der Waals surface area contributed by atoms with Crippen LogP contribution in [0.5, 0.6) is 0 Å². The van der Waals surface area contributed by atoms with Crippen LogP contribution in [0.2, 0.25) is 0 Å². The second-order valence-electron chi connectivity index (χ2n) is 6.31. The van der Waals surface area contributed by atoms with Crippen LogP contribution in [0.25, 0.3) is 0 Å². The summed E-state index contributed by atoms with van der Waals surface area (Å²) in [5.41, 5.74) is 5.08. The lowest BCUT2D eigenvalue weighted by atomic mass is 9.72. The Morgan fingerprint density at radius 3 is 2.38 bits per heavy atom. The average molecular weight is 313 g/mol. The van der Waals surface area contributed by atoms with Crippen LogP contribution in [-0.4, -0.2) is 34.5 Å². The Bertz CT molecular complexity index is 386. The van der Waals surface area contributed by atoms with Crippen LogP contribution in [0.1, 0.15) is 57.8 Å². The van der Waals surface area contributed by atoms with Gasteiger partial charge in [-0.15, -0.1) is 0 Å². The van der Waals surface area contributed by atoms with Gasteiger partial charge in [-0.1, -0.05) is 24.4 Å². The molecular weight excluding hydrogens is 286 g/mol. The first-order chi connectivity index (χ1) is 10.1. The zero-order chi connectivity index (χ0) is 15.3. The van der Waals surface area contributed by atoms with E-state index < -0.39 is 5.41 Å². The molecule has 2 aliphatic rings. The number of nitrogens with two attached hydrogens (primary N) is 1. The molecule has 4 N–H and O–H groups in total. The summed E-state index contributed by atoms with van der Waals surface area (Å²) in [4.78, 5) is 12.8. The predicted octanol–water partition coefficient (Wildman–Crippen LogP) is 2.47. The number of amidine groups is 1. The first kappa shape index (κ1) is 16.5. The van der Waals surface area contributed by atoms with Crippen molar-refractivity contribution in [3.05, 3.63) is 0 Å². The fraction of sp³-hybridized carbons (Fsp3) is 0.867. The van der Waals surface area contributed by atoms with Crippen LogP contribution in [-0.2, 0) is 4.79 Å². The molecule has 5 nitrogen and oxygen atoms in total. The average Bonchev–Trinajstić information content (AvgIpc) is 2.55. The van der Waals surface area contributed by atoms with Gasteiger partial charge in [-0.05, 0) is 44.8 Å². The van der Waals surface area contributed by atoms with Gasteiger partial charge in [0.1, 0.15) is 5.41 Å². The van der Waals surface area contributed by atoms with Crippen molar-refractivity contribution in [1.82, 2.24) is 5.32 Å². The van der Waals surface area contributed by atoms with Gasteiger partial charge < -0.3 is 16.3 Å². The molecule has 0 aromatic rings. The van der Waals surface area contributed by atoms with Gasteiger partial charge in [0.15, 0.2) is 5.84 Å². The molecule has 2 rings (SSSR count). The van der Waals surface area contributed by atoms with Crippen LogP contribution in [0, 0.1) is 5.41 Å². The lowest BCUT2D eigenvalue weighted by Crippen LogP contribution is -2.53. The first-order valence-electron chi connectivity index (χ1n) is 7.94. The molecule has 21 heavy (non-hydrogen) atoms. The largest absolute Gasteiger partial charge is 0.409 e. The van der Waals surface area contributed by atoms with Crippen molar-refractivity contribution in [2.45, 2.75) is 69.1 Å². The molecule has 1 amide bonds. The molecule has 2 fully saturated rings. The van der Waals surface area contributed by atoms with Gasteiger partial charge in [-0.3, -0.25) is 4.79 Å². The first-order valence-corrected chi connectivity index (χ1v) is 9.23. The minimum Gasteiger partial charge on any atom is -0.409 e. The predicted molar refractivity (Wildman–Crippen MR) is 86.6 cm³/mol. The highest BCUT2D eigenvalue weighted by molar-refractivity contribution is 7.99. The number of carbonyl (C=O) groups excluding carboxylic acids is 1. The summed E-state index contributed by atoms with van der Waals surface area (Å²) < 4.78 is 0. The van der Waals surface area contributed by atoms with E-state index in [1.807, 2.05) is 11.8 Å². The van der Waals surface area contributed by atoms with Crippen LogP contribution < -0.4 is 11.1 Å². The van der Waals surface area contributed by atoms with Crippen LogP contribution in [0.3, 0.4) is 0 Å². The van der Waals surface area contributed by atoms with Crippen LogP contribution in [0.4, 0.5) is 0 Å². The Morgan fingerprint density at radius 1 is 1.24 bits per heavy atom. The molecule has 0 saturated heterocycles. The van der Waals surface area contributed by atoms with E-state index in [0.717, 1.165) is 50.2 Å². The summed E-state index contributed by atoms with van der Waals surface area (Å²) >= 11 is 1.92. The highest BCUT2D eigenvalue weighted by atomic mass is 32.2.